The van der Waals surface area contributed by atoms with E-state index in [1.165, 1.54) is 0 Å². The van der Waals surface area contributed by atoms with Crippen LogP contribution in [-0.2, 0) is 6.42 Å². The summed E-state index contributed by atoms with van der Waals surface area (Å²) in [5, 5.41) is 3.43. The van der Waals surface area contributed by atoms with E-state index in [9.17, 15) is 0 Å². The Labute approximate surface area is 109 Å². The molecule has 0 spiro atoms. The lowest BCUT2D eigenvalue weighted by Gasteiger charge is -2.14. The molecule has 0 unspecified atom stereocenters. The van der Waals surface area contributed by atoms with Gasteiger partial charge in [0.25, 0.3) is 0 Å². The van der Waals surface area contributed by atoms with Crippen LogP contribution in [0, 0.1) is 0 Å². The molecule has 0 amide bonds. The van der Waals surface area contributed by atoms with Gasteiger partial charge in [-0.2, -0.15) is 0 Å². The van der Waals surface area contributed by atoms with E-state index in [0.29, 0.717) is 0 Å². The van der Waals surface area contributed by atoms with Gasteiger partial charge in [-0.1, -0.05) is 0 Å². The number of aromatic amines is 3. The van der Waals surface area contributed by atoms with Gasteiger partial charge in [0.2, 0.25) is 0 Å². The minimum Gasteiger partial charge on any atom is -0.348 e. The SMILES string of the molecule is c1c[nH]c(C(NCCc2cnc[nH]2)c2ncc[nH]2)n1. The zero-order valence-electron chi connectivity index (χ0n) is 10.3. The van der Waals surface area contributed by atoms with E-state index in [2.05, 4.69) is 35.2 Å². The molecule has 3 aromatic heterocycles. The van der Waals surface area contributed by atoms with Crippen molar-refractivity contribution in [2.24, 2.45) is 0 Å². The molecule has 0 aromatic carbocycles. The van der Waals surface area contributed by atoms with Crippen molar-refractivity contribution in [3.63, 3.8) is 0 Å². The molecule has 0 aliphatic heterocycles. The summed E-state index contributed by atoms with van der Waals surface area (Å²) in [6.45, 7) is 0.800. The first-order chi connectivity index (χ1) is 9.43. The predicted octanol–water partition coefficient (Wildman–Crippen LogP) is 0.778. The zero-order valence-corrected chi connectivity index (χ0v) is 10.3. The van der Waals surface area contributed by atoms with Crippen LogP contribution in [0.25, 0.3) is 0 Å². The first-order valence-electron chi connectivity index (χ1n) is 6.12. The largest absolute Gasteiger partial charge is 0.348 e. The highest BCUT2D eigenvalue weighted by Crippen LogP contribution is 2.14. The maximum atomic E-state index is 4.29. The topological polar surface area (TPSA) is 98.1 Å². The second-order valence-electron chi connectivity index (χ2n) is 4.16. The fraction of sp³-hybridized carbons (Fsp3) is 0.250. The summed E-state index contributed by atoms with van der Waals surface area (Å²) in [6.07, 6.45) is 11.5. The molecule has 0 atom stereocenters. The van der Waals surface area contributed by atoms with E-state index < -0.39 is 0 Å². The number of nitrogens with zero attached hydrogens (tertiary/aromatic N) is 3. The molecule has 0 aliphatic rings. The molecule has 0 saturated heterocycles. The molecule has 98 valence electrons. The molecular formula is C12H15N7. The van der Waals surface area contributed by atoms with E-state index in [4.69, 9.17) is 0 Å². The fourth-order valence-corrected chi connectivity index (χ4v) is 1.97. The average Bonchev–Trinajstić information content (AvgIpc) is 3.15. The lowest BCUT2D eigenvalue weighted by molar-refractivity contribution is 0.558. The molecule has 0 bridgehead atoms. The number of H-pyrrole nitrogens is 3. The fourth-order valence-electron chi connectivity index (χ4n) is 1.97. The highest BCUT2D eigenvalue weighted by molar-refractivity contribution is 5.10. The van der Waals surface area contributed by atoms with Crippen LogP contribution in [0.15, 0.2) is 37.3 Å². The predicted molar refractivity (Wildman–Crippen MR) is 69.3 cm³/mol. The molecule has 4 N–H and O–H groups in total. The van der Waals surface area contributed by atoms with Crippen LogP contribution in [0.1, 0.15) is 23.4 Å². The zero-order chi connectivity index (χ0) is 12.9. The number of aromatic nitrogens is 6. The molecule has 7 nitrogen and oxygen atoms in total. The van der Waals surface area contributed by atoms with Crippen molar-refractivity contribution in [2.45, 2.75) is 12.5 Å². The van der Waals surface area contributed by atoms with Crippen molar-refractivity contribution in [1.29, 1.82) is 0 Å². The quantitative estimate of drug-likeness (QED) is 0.524. The first-order valence-corrected chi connectivity index (χ1v) is 6.12. The van der Waals surface area contributed by atoms with Gasteiger partial charge >= 0.3 is 0 Å². The van der Waals surface area contributed by atoms with Crippen molar-refractivity contribution in [3.05, 3.63) is 54.7 Å². The van der Waals surface area contributed by atoms with Crippen LogP contribution in [0.2, 0.25) is 0 Å². The van der Waals surface area contributed by atoms with Gasteiger partial charge in [0.15, 0.2) is 0 Å². The molecule has 0 fully saturated rings. The third-order valence-electron chi connectivity index (χ3n) is 2.88. The Morgan fingerprint density at radius 3 is 2.32 bits per heavy atom. The molecule has 0 saturated carbocycles. The van der Waals surface area contributed by atoms with Crippen molar-refractivity contribution in [1.82, 2.24) is 35.2 Å². The maximum Gasteiger partial charge on any atom is 0.131 e. The van der Waals surface area contributed by atoms with Gasteiger partial charge < -0.3 is 20.3 Å². The Morgan fingerprint density at radius 1 is 1.05 bits per heavy atom. The standard InChI is InChI=1S/C12H15N7/c1(9-7-13-8-19-9)2-14-10(11-15-3-4-16-11)12-17-5-6-18-12/h3-8,10,14H,1-2H2,(H,13,19)(H,15,16)(H,17,18). The summed E-state index contributed by atoms with van der Waals surface area (Å²) in [4.78, 5) is 21.9. The van der Waals surface area contributed by atoms with Crippen molar-refractivity contribution in [2.75, 3.05) is 6.54 Å². The molecule has 3 aromatic rings. The second-order valence-corrected chi connectivity index (χ2v) is 4.16. The minimum absolute atomic E-state index is 0.0621. The summed E-state index contributed by atoms with van der Waals surface area (Å²) in [6, 6.07) is -0.0621. The Bertz CT molecular complexity index is 533. The van der Waals surface area contributed by atoms with Crippen LogP contribution >= 0.6 is 0 Å². The third kappa shape index (κ3) is 2.71. The van der Waals surface area contributed by atoms with Gasteiger partial charge in [0.1, 0.15) is 17.7 Å². The Balaban J connectivity index is 1.67. The molecule has 3 heterocycles. The minimum atomic E-state index is -0.0621. The van der Waals surface area contributed by atoms with Crippen LogP contribution in [-0.4, -0.2) is 36.4 Å². The van der Waals surface area contributed by atoms with Crippen LogP contribution in [0.3, 0.4) is 0 Å². The average molecular weight is 257 g/mol. The van der Waals surface area contributed by atoms with Gasteiger partial charge in [-0.3, -0.25) is 0 Å². The van der Waals surface area contributed by atoms with Gasteiger partial charge in [0, 0.05) is 49.6 Å². The Kier molecular flexibility index (Phi) is 3.37. The summed E-state index contributed by atoms with van der Waals surface area (Å²) in [7, 11) is 0. The second kappa shape index (κ2) is 5.49. The highest BCUT2D eigenvalue weighted by Gasteiger charge is 2.17. The number of hydrogen-bond acceptors (Lipinski definition) is 4. The summed E-state index contributed by atoms with van der Waals surface area (Å²) in [5.74, 6) is 1.69. The lowest BCUT2D eigenvalue weighted by Crippen LogP contribution is -2.26. The van der Waals surface area contributed by atoms with Crippen LogP contribution in [0.4, 0.5) is 0 Å². The summed E-state index contributed by atoms with van der Waals surface area (Å²) in [5.41, 5.74) is 1.10. The molecule has 3 rings (SSSR count). The molecule has 19 heavy (non-hydrogen) atoms. The normalized spacial score (nSPS) is 11.2. The van der Waals surface area contributed by atoms with E-state index in [1.54, 1.807) is 18.7 Å². The Morgan fingerprint density at radius 2 is 1.79 bits per heavy atom. The van der Waals surface area contributed by atoms with Gasteiger partial charge in [-0.15, -0.1) is 0 Å². The lowest BCUT2D eigenvalue weighted by atomic mass is 10.2. The number of imidazole rings is 3. The van der Waals surface area contributed by atoms with Crippen LogP contribution < -0.4 is 5.32 Å². The van der Waals surface area contributed by atoms with Crippen LogP contribution in [0.5, 0.6) is 0 Å². The van der Waals surface area contributed by atoms with Crippen molar-refractivity contribution in [3.8, 4) is 0 Å². The van der Waals surface area contributed by atoms with Crippen molar-refractivity contribution < 1.29 is 0 Å². The van der Waals surface area contributed by atoms with Gasteiger partial charge in [-0.25, -0.2) is 15.0 Å². The smallest absolute Gasteiger partial charge is 0.131 e. The highest BCUT2D eigenvalue weighted by atomic mass is 15.1. The first kappa shape index (κ1) is 11.7. The monoisotopic (exact) mass is 257 g/mol. The van der Waals surface area contributed by atoms with E-state index >= 15 is 0 Å². The number of nitrogens with one attached hydrogen (secondary N) is 4. The molecular weight excluding hydrogens is 242 g/mol. The summed E-state index contributed by atoms with van der Waals surface area (Å²) < 4.78 is 0. The molecule has 7 heteroatoms. The maximum absolute atomic E-state index is 4.29. The van der Waals surface area contributed by atoms with E-state index in [0.717, 1.165) is 30.3 Å². The number of rotatable bonds is 6. The molecule has 0 aliphatic carbocycles. The van der Waals surface area contributed by atoms with Crippen molar-refractivity contribution >= 4 is 0 Å². The third-order valence-corrected chi connectivity index (χ3v) is 2.88. The molecule has 0 radical (unpaired) electrons. The summed E-state index contributed by atoms with van der Waals surface area (Å²) >= 11 is 0. The van der Waals surface area contributed by atoms with Gasteiger partial charge in [-0.05, 0) is 0 Å². The Hall–Kier alpha value is -2.41. The van der Waals surface area contributed by atoms with E-state index in [1.807, 2.05) is 18.6 Å². The number of hydrogen-bond donors (Lipinski definition) is 4. The van der Waals surface area contributed by atoms with E-state index in [-0.39, 0.29) is 6.04 Å². The van der Waals surface area contributed by atoms with Gasteiger partial charge in [0.05, 0.1) is 6.33 Å².